The molecule has 0 aliphatic rings. The molecule has 0 radical (unpaired) electrons. The molecule has 3 heteroatoms. The molecular formula is C16H28N2O. The Hall–Kier alpha value is -1.06. The molecule has 0 aromatic heterocycles. The monoisotopic (exact) mass is 264 g/mol. The highest BCUT2D eigenvalue weighted by Crippen LogP contribution is 2.24. The van der Waals surface area contributed by atoms with Crippen LogP contribution in [0.4, 0.5) is 0 Å². The van der Waals surface area contributed by atoms with E-state index in [-0.39, 0.29) is 5.54 Å². The summed E-state index contributed by atoms with van der Waals surface area (Å²) >= 11 is 0. The summed E-state index contributed by atoms with van der Waals surface area (Å²) in [5.41, 5.74) is 9.67. The summed E-state index contributed by atoms with van der Waals surface area (Å²) in [6.07, 6.45) is 1.04. The average molecular weight is 264 g/mol. The summed E-state index contributed by atoms with van der Waals surface area (Å²) < 4.78 is 5.40. The minimum Gasteiger partial charge on any atom is -0.496 e. The van der Waals surface area contributed by atoms with Crippen molar-refractivity contribution >= 4 is 0 Å². The lowest BCUT2D eigenvalue weighted by atomic mass is 10.0. The fraction of sp³-hybridized carbons (Fsp3) is 0.625. The van der Waals surface area contributed by atoms with Crippen molar-refractivity contribution in [2.75, 3.05) is 27.2 Å². The molecule has 0 heterocycles. The van der Waals surface area contributed by atoms with Gasteiger partial charge < -0.3 is 15.4 Å². The van der Waals surface area contributed by atoms with E-state index < -0.39 is 0 Å². The van der Waals surface area contributed by atoms with Crippen LogP contribution in [-0.4, -0.2) is 37.7 Å². The zero-order chi connectivity index (χ0) is 14.6. The van der Waals surface area contributed by atoms with Crippen LogP contribution in [0, 0.1) is 13.8 Å². The normalized spacial score (nSPS) is 12.0. The molecule has 19 heavy (non-hydrogen) atoms. The van der Waals surface area contributed by atoms with Crippen molar-refractivity contribution in [3.8, 4) is 5.75 Å². The van der Waals surface area contributed by atoms with E-state index in [2.05, 4.69) is 51.8 Å². The van der Waals surface area contributed by atoms with E-state index in [9.17, 15) is 0 Å². The van der Waals surface area contributed by atoms with Gasteiger partial charge >= 0.3 is 0 Å². The van der Waals surface area contributed by atoms with Crippen molar-refractivity contribution < 1.29 is 4.74 Å². The van der Waals surface area contributed by atoms with Gasteiger partial charge in [-0.15, -0.1) is 0 Å². The van der Waals surface area contributed by atoms with Gasteiger partial charge in [-0.2, -0.15) is 0 Å². The van der Waals surface area contributed by atoms with Crippen molar-refractivity contribution in [3.05, 3.63) is 28.8 Å². The molecule has 2 N–H and O–H groups in total. The molecule has 0 saturated heterocycles. The third-order valence-electron chi connectivity index (χ3n) is 3.18. The minimum atomic E-state index is -0.138. The Balaban J connectivity index is 2.64. The molecule has 0 unspecified atom stereocenters. The zero-order valence-corrected chi connectivity index (χ0v) is 13.2. The molecule has 108 valence electrons. The molecule has 0 amide bonds. The molecule has 0 aliphatic carbocycles. The second-order valence-corrected chi connectivity index (χ2v) is 6.24. The maximum absolute atomic E-state index is 6.03. The summed E-state index contributed by atoms with van der Waals surface area (Å²) in [4.78, 5) is 2.29. The van der Waals surface area contributed by atoms with E-state index in [0.29, 0.717) is 0 Å². The number of aryl methyl sites for hydroxylation is 2. The minimum absolute atomic E-state index is 0.138. The Morgan fingerprint density at radius 1 is 1.21 bits per heavy atom. The first-order chi connectivity index (χ1) is 8.73. The molecule has 0 spiro atoms. The lowest BCUT2D eigenvalue weighted by Gasteiger charge is -2.26. The predicted octanol–water partition coefficient (Wildman–Crippen LogP) is 2.52. The smallest absolute Gasteiger partial charge is 0.124 e. The van der Waals surface area contributed by atoms with Gasteiger partial charge in [-0.25, -0.2) is 0 Å². The fourth-order valence-corrected chi connectivity index (χ4v) is 2.60. The van der Waals surface area contributed by atoms with Crippen LogP contribution in [0.1, 0.15) is 30.5 Å². The number of nitrogens with zero attached hydrogens (tertiary/aromatic N) is 1. The van der Waals surface area contributed by atoms with Gasteiger partial charge in [-0.1, -0.05) is 12.1 Å². The third kappa shape index (κ3) is 5.21. The third-order valence-corrected chi connectivity index (χ3v) is 3.18. The molecular weight excluding hydrogens is 236 g/mol. The highest BCUT2D eigenvalue weighted by atomic mass is 16.5. The Kier molecular flexibility index (Phi) is 5.39. The van der Waals surface area contributed by atoms with Crippen molar-refractivity contribution in [1.29, 1.82) is 0 Å². The Labute approximate surface area is 117 Å². The number of hydrogen-bond acceptors (Lipinski definition) is 3. The number of benzene rings is 1. The lowest BCUT2D eigenvalue weighted by Crippen LogP contribution is -2.44. The number of nitrogens with two attached hydrogens (primary N) is 1. The predicted molar refractivity (Wildman–Crippen MR) is 81.9 cm³/mol. The van der Waals surface area contributed by atoms with Crippen LogP contribution in [-0.2, 0) is 6.42 Å². The quantitative estimate of drug-likeness (QED) is 0.858. The summed E-state index contributed by atoms with van der Waals surface area (Å²) in [5.74, 6) is 1.00. The molecule has 1 aromatic rings. The van der Waals surface area contributed by atoms with Crippen LogP contribution in [0.3, 0.4) is 0 Å². The van der Waals surface area contributed by atoms with Crippen molar-refractivity contribution in [2.24, 2.45) is 5.73 Å². The number of rotatable bonds is 6. The zero-order valence-electron chi connectivity index (χ0n) is 13.2. The van der Waals surface area contributed by atoms with E-state index in [1.165, 1.54) is 16.7 Å². The second-order valence-electron chi connectivity index (χ2n) is 6.24. The molecule has 0 bridgehead atoms. The summed E-state index contributed by atoms with van der Waals surface area (Å²) in [5, 5.41) is 0. The fourth-order valence-electron chi connectivity index (χ4n) is 2.60. The van der Waals surface area contributed by atoms with Crippen LogP contribution in [0.15, 0.2) is 12.1 Å². The Morgan fingerprint density at radius 3 is 2.16 bits per heavy atom. The molecule has 1 aromatic carbocycles. The van der Waals surface area contributed by atoms with Crippen molar-refractivity contribution in [2.45, 2.75) is 39.7 Å². The highest BCUT2D eigenvalue weighted by molar-refractivity contribution is 5.43. The van der Waals surface area contributed by atoms with Crippen molar-refractivity contribution in [1.82, 2.24) is 4.90 Å². The average Bonchev–Trinajstić information content (AvgIpc) is 2.23. The van der Waals surface area contributed by atoms with Crippen LogP contribution < -0.4 is 10.5 Å². The molecule has 0 atom stereocenters. The number of likely N-dealkylation sites (N-methyl/N-ethyl adjacent to an activating group) is 1. The highest BCUT2D eigenvalue weighted by Gasteiger charge is 2.14. The summed E-state index contributed by atoms with van der Waals surface area (Å²) in [7, 11) is 3.85. The molecule has 0 fully saturated rings. The largest absolute Gasteiger partial charge is 0.496 e. The molecule has 3 nitrogen and oxygen atoms in total. The van der Waals surface area contributed by atoms with E-state index in [1.54, 1.807) is 7.11 Å². The first kappa shape index (κ1) is 16.0. The van der Waals surface area contributed by atoms with Crippen LogP contribution >= 0.6 is 0 Å². The van der Waals surface area contributed by atoms with Crippen LogP contribution in [0.5, 0.6) is 5.75 Å². The Bertz CT molecular complexity index is 398. The SMILES string of the molecule is COc1c(C)cc(CCN(C)CC(C)(C)N)cc1C. The first-order valence-corrected chi connectivity index (χ1v) is 6.84. The van der Waals surface area contributed by atoms with Gasteiger partial charge in [-0.05, 0) is 57.9 Å². The topological polar surface area (TPSA) is 38.5 Å². The van der Waals surface area contributed by atoms with E-state index in [0.717, 1.165) is 25.3 Å². The van der Waals surface area contributed by atoms with Gasteiger partial charge in [-0.3, -0.25) is 0 Å². The number of ether oxygens (including phenoxy) is 1. The number of methoxy groups -OCH3 is 1. The summed E-state index contributed by atoms with van der Waals surface area (Å²) in [6.45, 7) is 10.2. The van der Waals surface area contributed by atoms with Gasteiger partial charge in [0.05, 0.1) is 7.11 Å². The van der Waals surface area contributed by atoms with Gasteiger partial charge in [0.2, 0.25) is 0 Å². The van der Waals surface area contributed by atoms with Gasteiger partial charge in [0, 0.05) is 18.6 Å². The van der Waals surface area contributed by atoms with E-state index >= 15 is 0 Å². The van der Waals surface area contributed by atoms with Crippen LogP contribution in [0.25, 0.3) is 0 Å². The standard InChI is InChI=1S/C16H28N2O/c1-12-9-14(10-13(2)15(12)19-6)7-8-18(5)11-16(3,4)17/h9-10H,7-8,11,17H2,1-6H3. The van der Waals surface area contributed by atoms with Gasteiger partial charge in [0.1, 0.15) is 5.75 Å². The van der Waals surface area contributed by atoms with Gasteiger partial charge in [0.15, 0.2) is 0 Å². The molecule has 0 aliphatic heterocycles. The molecule has 0 saturated carbocycles. The second kappa shape index (κ2) is 6.40. The van der Waals surface area contributed by atoms with E-state index in [4.69, 9.17) is 10.5 Å². The Morgan fingerprint density at radius 2 is 1.74 bits per heavy atom. The van der Waals surface area contributed by atoms with E-state index in [1.807, 2.05) is 0 Å². The molecule has 1 rings (SSSR count). The van der Waals surface area contributed by atoms with Gasteiger partial charge in [0.25, 0.3) is 0 Å². The summed E-state index contributed by atoms with van der Waals surface area (Å²) in [6, 6.07) is 4.43. The number of hydrogen-bond donors (Lipinski definition) is 1. The maximum atomic E-state index is 6.03. The van der Waals surface area contributed by atoms with Crippen molar-refractivity contribution in [3.63, 3.8) is 0 Å². The van der Waals surface area contributed by atoms with Crippen LogP contribution in [0.2, 0.25) is 0 Å². The first-order valence-electron chi connectivity index (χ1n) is 6.84. The lowest BCUT2D eigenvalue weighted by molar-refractivity contribution is 0.273. The maximum Gasteiger partial charge on any atom is 0.124 e.